The van der Waals surface area contributed by atoms with Gasteiger partial charge in [-0.15, -0.1) is 0 Å². The Labute approximate surface area is 381 Å². The molecule has 65 heavy (non-hydrogen) atoms. The Balaban J connectivity index is 1.35. The van der Waals surface area contributed by atoms with Crippen LogP contribution in [0, 0.1) is 0 Å². The van der Waals surface area contributed by atoms with E-state index in [1.807, 2.05) is 7.11 Å². The molecule has 2 nitrogen and oxygen atoms in total. The molecule has 0 atom stereocenters. The van der Waals surface area contributed by atoms with E-state index in [4.69, 9.17) is 4.74 Å². The second-order valence-corrected chi connectivity index (χ2v) is 17.0. The van der Waals surface area contributed by atoms with Gasteiger partial charge in [-0.05, 0) is 84.5 Å². The van der Waals surface area contributed by atoms with Gasteiger partial charge in [0.25, 0.3) is 0 Å². The second-order valence-electron chi connectivity index (χ2n) is 17.0. The van der Waals surface area contributed by atoms with Gasteiger partial charge in [-0.1, -0.05) is 218 Å². The number of hydrogen-bond donors (Lipinski definition) is 0. The molecule has 0 heterocycles. The molecule has 2 aliphatic rings. The van der Waals surface area contributed by atoms with Gasteiger partial charge in [0.2, 0.25) is 0 Å². The summed E-state index contributed by atoms with van der Waals surface area (Å²) in [6.45, 7) is 0. The van der Waals surface area contributed by atoms with Gasteiger partial charge < -0.3 is 9.64 Å². The summed E-state index contributed by atoms with van der Waals surface area (Å²) in [6.07, 6.45) is 1.54. The number of ether oxygens (including phenoxy) is 1. The average molecular weight is 832 g/mol. The fraction of sp³-hybridized carbons (Fsp3) is 0.0476. The quantitative estimate of drug-likeness (QED) is 0.144. The third-order valence-electron chi connectivity index (χ3n) is 13.4. The summed E-state index contributed by atoms with van der Waals surface area (Å²) in [5.74, 6) is 0.897. The zero-order valence-corrected chi connectivity index (χ0v) is 36.2. The molecule has 0 radical (unpaired) electrons. The minimum Gasteiger partial charge on any atom is -0.495 e. The first kappa shape index (κ1) is 38.5. The molecule has 0 aromatic heterocycles. The summed E-state index contributed by atoms with van der Waals surface area (Å²) in [5, 5.41) is 0. The Morgan fingerprint density at radius 3 is 1.32 bits per heavy atom. The maximum atomic E-state index is 6.77. The molecular formula is C63H45NO. The summed E-state index contributed by atoms with van der Waals surface area (Å²) in [4.78, 5) is 2.70. The lowest BCUT2D eigenvalue weighted by atomic mass is 9.83. The number of nitrogens with zero attached hydrogens (tertiary/aromatic N) is 1. The highest BCUT2D eigenvalue weighted by atomic mass is 16.5. The molecule has 0 unspecified atom stereocenters. The standard InChI is InChI=1S/C63H45NO/c1-65-63-59(46-31-15-6-16-32-46)58(45-29-13-5-14-30-45)62(55-40-48-34-18-20-37-51(48)60(55)63)64(56-38-22-21-36-50(56)42-23-7-2-8-24-42)61-54-39-47-33-17-19-35-49(47)53(54)41-52(43-25-9-3-10-26-43)57(61)44-27-11-4-12-28-44/h2-38,41H,39-40H2,1H3. The number of hydrogen-bond acceptors (Lipinski definition) is 2. The average Bonchev–Trinajstić information content (AvgIpc) is 3.96. The number of rotatable bonds is 9. The smallest absolute Gasteiger partial charge is 0.135 e. The first-order chi connectivity index (χ1) is 32.3. The Morgan fingerprint density at radius 1 is 0.323 bits per heavy atom. The molecule has 0 amide bonds. The van der Waals surface area contributed by atoms with E-state index in [0.717, 1.165) is 68.9 Å². The molecule has 0 aliphatic heterocycles. The third kappa shape index (κ3) is 6.40. The van der Waals surface area contributed by atoms with Crippen molar-refractivity contribution in [1.82, 2.24) is 0 Å². The fourth-order valence-corrected chi connectivity index (χ4v) is 10.7. The number of anilines is 3. The van der Waals surface area contributed by atoms with Gasteiger partial charge in [-0.25, -0.2) is 0 Å². The number of benzene rings is 10. The lowest BCUT2D eigenvalue weighted by molar-refractivity contribution is 0.418. The fourth-order valence-electron chi connectivity index (χ4n) is 10.7. The van der Waals surface area contributed by atoms with Crippen LogP contribution in [0.5, 0.6) is 5.75 Å². The van der Waals surface area contributed by atoms with E-state index in [1.54, 1.807) is 0 Å². The number of para-hydroxylation sites is 1. The molecule has 2 heteroatoms. The SMILES string of the molecule is COc1c2c(c(N(c3ccccc3-c3ccccc3)c3c4c(cc(-c5ccccc5)c3-c3ccccc3)-c3ccccc3C4)c(-c3ccccc3)c1-c1ccccc1)Cc1ccccc1-2. The molecule has 0 saturated carbocycles. The normalized spacial score (nSPS) is 12.0. The van der Waals surface area contributed by atoms with Crippen molar-refractivity contribution in [2.75, 3.05) is 12.0 Å². The third-order valence-corrected chi connectivity index (χ3v) is 13.4. The summed E-state index contributed by atoms with van der Waals surface area (Å²) >= 11 is 0. The molecule has 0 saturated heterocycles. The summed E-state index contributed by atoms with van der Waals surface area (Å²) in [5.41, 5.74) is 25.1. The monoisotopic (exact) mass is 831 g/mol. The van der Waals surface area contributed by atoms with Crippen LogP contribution in [0.4, 0.5) is 17.1 Å². The van der Waals surface area contributed by atoms with Crippen molar-refractivity contribution in [1.29, 1.82) is 0 Å². The minimum atomic E-state index is 0.748. The number of methoxy groups -OCH3 is 1. The molecule has 0 fully saturated rings. The Morgan fingerprint density at radius 2 is 0.738 bits per heavy atom. The van der Waals surface area contributed by atoms with Crippen LogP contribution in [-0.4, -0.2) is 7.11 Å². The Kier molecular flexibility index (Phi) is 9.57. The topological polar surface area (TPSA) is 12.5 Å². The van der Waals surface area contributed by atoms with Crippen LogP contribution in [0.15, 0.2) is 231 Å². The van der Waals surface area contributed by atoms with Crippen molar-refractivity contribution >= 4 is 17.1 Å². The molecule has 0 bridgehead atoms. The molecule has 0 spiro atoms. The van der Waals surface area contributed by atoms with E-state index in [0.29, 0.717) is 0 Å². The maximum absolute atomic E-state index is 6.77. The highest BCUT2D eigenvalue weighted by Gasteiger charge is 2.39. The zero-order valence-electron chi connectivity index (χ0n) is 36.2. The van der Waals surface area contributed by atoms with E-state index in [2.05, 4.69) is 235 Å². The van der Waals surface area contributed by atoms with Crippen molar-refractivity contribution in [2.24, 2.45) is 0 Å². The van der Waals surface area contributed by atoms with Crippen LogP contribution in [0.25, 0.3) is 77.9 Å². The van der Waals surface area contributed by atoms with Crippen molar-refractivity contribution in [3.8, 4) is 83.6 Å². The van der Waals surface area contributed by atoms with E-state index in [1.165, 1.54) is 66.9 Å². The van der Waals surface area contributed by atoms with E-state index < -0.39 is 0 Å². The van der Waals surface area contributed by atoms with Crippen molar-refractivity contribution in [3.63, 3.8) is 0 Å². The first-order valence-electron chi connectivity index (χ1n) is 22.6. The lowest BCUT2D eigenvalue weighted by Gasteiger charge is -2.37. The van der Waals surface area contributed by atoms with Crippen LogP contribution in [0.1, 0.15) is 22.3 Å². The van der Waals surface area contributed by atoms with Gasteiger partial charge in [0.1, 0.15) is 5.75 Å². The van der Waals surface area contributed by atoms with Crippen LogP contribution in [0.2, 0.25) is 0 Å². The maximum Gasteiger partial charge on any atom is 0.135 e. The lowest BCUT2D eigenvalue weighted by Crippen LogP contribution is -2.19. The molecule has 12 rings (SSSR count). The largest absolute Gasteiger partial charge is 0.495 e. The minimum absolute atomic E-state index is 0.748. The van der Waals surface area contributed by atoms with E-state index >= 15 is 0 Å². The predicted octanol–water partition coefficient (Wildman–Crippen LogP) is 16.6. The van der Waals surface area contributed by atoms with Gasteiger partial charge in [0.15, 0.2) is 0 Å². The van der Waals surface area contributed by atoms with Gasteiger partial charge >= 0.3 is 0 Å². The molecule has 10 aromatic carbocycles. The zero-order chi connectivity index (χ0) is 43.3. The van der Waals surface area contributed by atoms with Gasteiger partial charge in [-0.2, -0.15) is 0 Å². The van der Waals surface area contributed by atoms with E-state index in [-0.39, 0.29) is 0 Å². The molecule has 2 aliphatic carbocycles. The summed E-state index contributed by atoms with van der Waals surface area (Å²) < 4.78 is 6.77. The summed E-state index contributed by atoms with van der Waals surface area (Å²) in [7, 11) is 1.85. The van der Waals surface area contributed by atoms with Crippen LogP contribution >= 0.6 is 0 Å². The molecule has 10 aromatic rings. The van der Waals surface area contributed by atoms with Crippen molar-refractivity contribution in [2.45, 2.75) is 12.8 Å². The molecule has 0 N–H and O–H groups in total. The van der Waals surface area contributed by atoms with Crippen molar-refractivity contribution < 1.29 is 4.74 Å². The Bertz CT molecular complexity index is 3380. The van der Waals surface area contributed by atoms with E-state index in [9.17, 15) is 0 Å². The molecular weight excluding hydrogens is 787 g/mol. The van der Waals surface area contributed by atoms with Crippen LogP contribution < -0.4 is 9.64 Å². The number of fused-ring (bicyclic) bond motifs is 6. The van der Waals surface area contributed by atoms with Crippen molar-refractivity contribution in [3.05, 3.63) is 253 Å². The van der Waals surface area contributed by atoms with Gasteiger partial charge in [0, 0.05) is 40.7 Å². The second kappa shape index (κ2) is 16.2. The van der Waals surface area contributed by atoms with Crippen LogP contribution in [0.3, 0.4) is 0 Å². The molecule has 308 valence electrons. The first-order valence-corrected chi connectivity index (χ1v) is 22.6. The summed E-state index contributed by atoms with van der Waals surface area (Å²) in [6, 6.07) is 84.3. The van der Waals surface area contributed by atoms with Gasteiger partial charge in [-0.3, -0.25) is 0 Å². The van der Waals surface area contributed by atoms with Gasteiger partial charge in [0.05, 0.1) is 24.2 Å². The highest BCUT2D eigenvalue weighted by Crippen LogP contribution is 2.62. The Hall–Kier alpha value is -8.20. The highest BCUT2D eigenvalue weighted by molar-refractivity contribution is 6.12. The predicted molar refractivity (Wildman–Crippen MR) is 271 cm³/mol. The van der Waals surface area contributed by atoms with Crippen LogP contribution in [-0.2, 0) is 12.8 Å².